The average molecular weight is 187 g/mol. The minimum atomic E-state index is 1.19. The highest BCUT2D eigenvalue weighted by Crippen LogP contribution is 2.17. The van der Waals surface area contributed by atoms with Gasteiger partial charge in [-0.2, -0.15) is 0 Å². The van der Waals surface area contributed by atoms with Crippen LogP contribution in [0.15, 0.2) is 42.6 Å². The Morgan fingerprint density at radius 2 is 1.64 bits per heavy atom. The molecule has 0 aliphatic heterocycles. The molecule has 0 radical (unpaired) electrons. The summed E-state index contributed by atoms with van der Waals surface area (Å²) in [6, 6.07) is 12.5. The molecule has 0 bridgehead atoms. The molecule has 1 nitrogen and oxygen atoms in total. The third-order valence-electron chi connectivity index (χ3n) is 1.91. The second kappa shape index (κ2) is 5.28. The lowest BCUT2D eigenvalue weighted by molar-refractivity contribution is 1.38. The number of aromatic nitrogens is 1. The van der Waals surface area contributed by atoms with Gasteiger partial charge in [-0.25, -0.2) is 0 Å². The van der Waals surface area contributed by atoms with Crippen LogP contribution in [0.2, 0.25) is 0 Å². The molecule has 0 spiro atoms. The van der Waals surface area contributed by atoms with Crippen LogP contribution in [0.3, 0.4) is 0 Å². The molecule has 0 amide bonds. The highest BCUT2D eigenvalue weighted by Gasteiger charge is 1.96. The van der Waals surface area contributed by atoms with Crippen molar-refractivity contribution in [3.8, 4) is 11.3 Å². The van der Waals surface area contributed by atoms with E-state index in [2.05, 4.69) is 30.1 Å². The van der Waals surface area contributed by atoms with E-state index in [0.717, 1.165) is 0 Å². The predicted octanol–water partition coefficient (Wildman–Crippen LogP) is 4.02. The van der Waals surface area contributed by atoms with Crippen LogP contribution in [0.1, 0.15) is 19.4 Å². The highest BCUT2D eigenvalue weighted by molar-refractivity contribution is 5.59. The van der Waals surface area contributed by atoms with Crippen LogP contribution in [0.25, 0.3) is 11.3 Å². The third-order valence-corrected chi connectivity index (χ3v) is 1.91. The van der Waals surface area contributed by atoms with Crippen LogP contribution in [-0.2, 0) is 0 Å². The van der Waals surface area contributed by atoms with Crippen LogP contribution in [0, 0.1) is 6.92 Å². The van der Waals surface area contributed by atoms with Gasteiger partial charge in [0, 0.05) is 11.9 Å². The van der Waals surface area contributed by atoms with Crippen molar-refractivity contribution in [1.82, 2.24) is 4.98 Å². The van der Waals surface area contributed by atoms with Crippen LogP contribution >= 0.6 is 0 Å². The number of aryl methyl sites for hydroxylation is 1. The van der Waals surface area contributed by atoms with E-state index in [1.807, 2.05) is 38.2 Å². The molecule has 2 rings (SSSR count). The van der Waals surface area contributed by atoms with Crippen molar-refractivity contribution in [1.29, 1.82) is 0 Å². The van der Waals surface area contributed by atoms with Gasteiger partial charge in [-0.15, -0.1) is 0 Å². The maximum Gasteiger partial charge on any atom is 0.0456 e. The van der Waals surface area contributed by atoms with Gasteiger partial charge < -0.3 is 4.98 Å². The fraction of sp³-hybridized carbons (Fsp3) is 0.231. The lowest BCUT2D eigenvalue weighted by Crippen LogP contribution is -1.73. The summed E-state index contributed by atoms with van der Waals surface area (Å²) in [6.07, 6.45) is 2.02. The molecular weight excluding hydrogens is 170 g/mol. The lowest BCUT2D eigenvalue weighted by Gasteiger charge is -1.94. The second-order valence-electron chi connectivity index (χ2n) is 2.96. The maximum absolute atomic E-state index is 3.22. The van der Waals surface area contributed by atoms with Crippen molar-refractivity contribution in [3.63, 3.8) is 0 Å². The number of benzene rings is 1. The van der Waals surface area contributed by atoms with Crippen molar-refractivity contribution in [3.05, 3.63) is 48.2 Å². The molecule has 0 aliphatic rings. The van der Waals surface area contributed by atoms with E-state index in [4.69, 9.17) is 0 Å². The largest absolute Gasteiger partial charge is 0.361 e. The highest BCUT2D eigenvalue weighted by atomic mass is 14.7. The van der Waals surface area contributed by atoms with Crippen molar-refractivity contribution in [2.45, 2.75) is 20.8 Å². The van der Waals surface area contributed by atoms with Gasteiger partial charge in [0.2, 0.25) is 0 Å². The van der Waals surface area contributed by atoms with E-state index in [9.17, 15) is 0 Å². The third kappa shape index (κ3) is 2.49. The van der Waals surface area contributed by atoms with E-state index in [1.54, 1.807) is 0 Å². The Labute approximate surface area is 85.8 Å². The van der Waals surface area contributed by atoms with Crippen molar-refractivity contribution >= 4 is 0 Å². The summed E-state index contributed by atoms with van der Waals surface area (Å²) in [5.41, 5.74) is 3.70. The summed E-state index contributed by atoms with van der Waals surface area (Å²) in [4.78, 5) is 3.22. The Bertz CT molecular complexity index is 360. The van der Waals surface area contributed by atoms with Crippen LogP contribution in [0.5, 0.6) is 0 Å². The SMILES string of the molecule is CC.Cc1c[nH]c(-c2ccccc2)c1. The standard InChI is InChI=1S/C11H11N.C2H6/c1-9-7-11(12-8-9)10-5-3-2-4-6-10;1-2/h2-8,12H,1H3;1-2H3. The molecule has 14 heavy (non-hydrogen) atoms. The molecule has 0 fully saturated rings. The molecule has 0 saturated carbocycles. The molecule has 1 aromatic heterocycles. The minimum absolute atomic E-state index is 1.19. The van der Waals surface area contributed by atoms with E-state index in [0.29, 0.717) is 0 Å². The Morgan fingerprint density at radius 3 is 2.14 bits per heavy atom. The number of H-pyrrole nitrogens is 1. The van der Waals surface area contributed by atoms with Gasteiger partial charge in [0.15, 0.2) is 0 Å². The van der Waals surface area contributed by atoms with Gasteiger partial charge >= 0.3 is 0 Å². The number of hydrogen-bond donors (Lipinski definition) is 1. The molecule has 1 N–H and O–H groups in total. The summed E-state index contributed by atoms with van der Waals surface area (Å²) in [7, 11) is 0. The van der Waals surface area contributed by atoms with E-state index in [-0.39, 0.29) is 0 Å². The molecule has 0 saturated heterocycles. The van der Waals surface area contributed by atoms with Crippen molar-refractivity contribution in [2.75, 3.05) is 0 Å². The fourth-order valence-corrected chi connectivity index (χ4v) is 1.29. The monoisotopic (exact) mass is 187 g/mol. The molecule has 0 atom stereocenters. The molecule has 74 valence electrons. The zero-order valence-electron chi connectivity index (χ0n) is 9.04. The van der Waals surface area contributed by atoms with Crippen LogP contribution < -0.4 is 0 Å². The summed E-state index contributed by atoms with van der Waals surface area (Å²) < 4.78 is 0. The molecule has 2 aromatic rings. The summed E-state index contributed by atoms with van der Waals surface area (Å²) in [5, 5.41) is 0. The Kier molecular flexibility index (Phi) is 3.99. The van der Waals surface area contributed by atoms with E-state index >= 15 is 0 Å². The summed E-state index contributed by atoms with van der Waals surface area (Å²) >= 11 is 0. The molecule has 0 unspecified atom stereocenters. The van der Waals surface area contributed by atoms with Crippen molar-refractivity contribution in [2.24, 2.45) is 0 Å². The first-order chi connectivity index (χ1) is 6.86. The predicted molar refractivity (Wildman–Crippen MR) is 62.3 cm³/mol. The van der Waals surface area contributed by atoms with Gasteiger partial charge in [0.1, 0.15) is 0 Å². The first kappa shape index (κ1) is 10.6. The number of aromatic amines is 1. The molecule has 1 heteroatoms. The first-order valence-corrected chi connectivity index (χ1v) is 5.07. The number of rotatable bonds is 1. The van der Waals surface area contributed by atoms with Crippen LogP contribution in [-0.4, -0.2) is 4.98 Å². The quantitative estimate of drug-likeness (QED) is 0.694. The molecule has 1 heterocycles. The van der Waals surface area contributed by atoms with Gasteiger partial charge in [0.05, 0.1) is 0 Å². The zero-order valence-corrected chi connectivity index (χ0v) is 9.04. The number of hydrogen-bond acceptors (Lipinski definition) is 0. The molecule has 1 aromatic carbocycles. The summed E-state index contributed by atoms with van der Waals surface area (Å²) in [5.74, 6) is 0. The average Bonchev–Trinajstić information content (AvgIpc) is 2.69. The Balaban J connectivity index is 0.000000461. The normalized spacial score (nSPS) is 9.07. The van der Waals surface area contributed by atoms with E-state index < -0.39 is 0 Å². The van der Waals surface area contributed by atoms with Crippen LogP contribution in [0.4, 0.5) is 0 Å². The zero-order chi connectivity index (χ0) is 10.4. The Morgan fingerprint density at radius 1 is 1.00 bits per heavy atom. The first-order valence-electron chi connectivity index (χ1n) is 5.07. The van der Waals surface area contributed by atoms with Gasteiger partial charge in [0.25, 0.3) is 0 Å². The number of nitrogens with one attached hydrogen (secondary N) is 1. The fourth-order valence-electron chi connectivity index (χ4n) is 1.29. The molecular formula is C13H17N. The van der Waals surface area contributed by atoms with Gasteiger partial charge in [-0.3, -0.25) is 0 Å². The smallest absolute Gasteiger partial charge is 0.0456 e. The summed E-state index contributed by atoms with van der Waals surface area (Å²) in [6.45, 7) is 6.09. The van der Waals surface area contributed by atoms with E-state index in [1.165, 1.54) is 16.8 Å². The van der Waals surface area contributed by atoms with Crippen molar-refractivity contribution < 1.29 is 0 Å². The lowest BCUT2D eigenvalue weighted by atomic mass is 10.1. The van der Waals surface area contributed by atoms with Gasteiger partial charge in [-0.05, 0) is 24.1 Å². The topological polar surface area (TPSA) is 15.8 Å². The minimum Gasteiger partial charge on any atom is -0.361 e. The van der Waals surface area contributed by atoms with Gasteiger partial charge in [-0.1, -0.05) is 44.2 Å². The second-order valence-corrected chi connectivity index (χ2v) is 2.96. The Hall–Kier alpha value is -1.50. The maximum atomic E-state index is 3.22. The molecule has 0 aliphatic carbocycles.